The van der Waals surface area contributed by atoms with Gasteiger partial charge < -0.3 is 10.2 Å². The molecule has 0 amide bonds. The van der Waals surface area contributed by atoms with Crippen molar-refractivity contribution in [1.82, 2.24) is 14.8 Å². The van der Waals surface area contributed by atoms with Gasteiger partial charge in [0.1, 0.15) is 12.7 Å². The summed E-state index contributed by atoms with van der Waals surface area (Å²) in [5.41, 5.74) is -0.620. The molecular weight excluding hydrogens is 314 g/mol. The lowest BCUT2D eigenvalue weighted by molar-refractivity contribution is -0.121. The quantitative estimate of drug-likeness (QED) is 0.901. The summed E-state index contributed by atoms with van der Waals surface area (Å²) >= 11 is 5.92. The predicted octanol–water partition coefficient (Wildman–Crippen LogP) is 2.83. The average molecular weight is 336 g/mol. The molecular formula is C17H22ClN3O2. The Balaban J connectivity index is 1.91. The maximum absolute atomic E-state index is 11.5. The van der Waals surface area contributed by atoms with Crippen molar-refractivity contribution < 1.29 is 10.2 Å². The van der Waals surface area contributed by atoms with Crippen molar-refractivity contribution in [3.05, 3.63) is 47.5 Å². The maximum atomic E-state index is 11.5. The number of aliphatic hydroxyl groups excluding tert-OH is 1. The Morgan fingerprint density at radius 1 is 1.35 bits per heavy atom. The summed E-state index contributed by atoms with van der Waals surface area (Å²) in [6, 6.07) is 7.15. The van der Waals surface area contributed by atoms with Crippen molar-refractivity contribution in [1.29, 1.82) is 0 Å². The van der Waals surface area contributed by atoms with Gasteiger partial charge in [0.2, 0.25) is 0 Å². The van der Waals surface area contributed by atoms with Crippen molar-refractivity contribution in [3.63, 3.8) is 0 Å². The van der Waals surface area contributed by atoms with E-state index in [1.54, 1.807) is 23.1 Å². The fourth-order valence-corrected chi connectivity index (χ4v) is 3.80. The summed E-state index contributed by atoms with van der Waals surface area (Å²) in [6.07, 6.45) is 3.89. The number of halogens is 1. The largest absolute Gasteiger partial charge is 0.388 e. The molecule has 0 spiro atoms. The smallest absolute Gasteiger partial charge is 0.137 e. The zero-order valence-electron chi connectivity index (χ0n) is 13.4. The van der Waals surface area contributed by atoms with Crippen LogP contribution in [0.4, 0.5) is 0 Å². The lowest BCUT2D eigenvalue weighted by Crippen LogP contribution is -2.50. The van der Waals surface area contributed by atoms with Crippen LogP contribution in [-0.2, 0) is 6.54 Å². The predicted molar refractivity (Wildman–Crippen MR) is 87.9 cm³/mol. The molecule has 0 radical (unpaired) electrons. The van der Waals surface area contributed by atoms with Crippen molar-refractivity contribution >= 4 is 11.6 Å². The van der Waals surface area contributed by atoms with E-state index in [2.05, 4.69) is 10.1 Å². The molecule has 0 saturated heterocycles. The van der Waals surface area contributed by atoms with E-state index in [1.165, 1.54) is 6.33 Å². The minimum atomic E-state index is -1.07. The molecule has 1 saturated carbocycles. The molecule has 23 heavy (non-hydrogen) atoms. The molecule has 2 N–H and O–H groups in total. The standard InChI is InChI=1S/C17H22ClN3O2/c1-16(2)8-7-14(15(22)12-3-5-13(18)6-4-12)17(16,23)9-21-11-19-10-20-21/h3-6,10-11,14-15,22-23H,7-9H2,1-2H3/t14-,15-,17+/m1/s1. The third kappa shape index (κ3) is 2.89. The average Bonchev–Trinajstić information content (AvgIpc) is 3.07. The van der Waals surface area contributed by atoms with Crippen molar-refractivity contribution in [2.24, 2.45) is 11.3 Å². The molecule has 1 aromatic heterocycles. The van der Waals surface area contributed by atoms with Gasteiger partial charge in [-0.05, 0) is 36.0 Å². The molecule has 1 fully saturated rings. The third-order valence-electron chi connectivity index (χ3n) is 5.33. The molecule has 1 aliphatic carbocycles. The minimum Gasteiger partial charge on any atom is -0.388 e. The van der Waals surface area contributed by atoms with Crippen LogP contribution in [0.1, 0.15) is 38.4 Å². The van der Waals surface area contributed by atoms with Gasteiger partial charge in [-0.1, -0.05) is 37.6 Å². The molecule has 0 bridgehead atoms. The number of aliphatic hydroxyl groups is 2. The van der Waals surface area contributed by atoms with Gasteiger partial charge >= 0.3 is 0 Å². The van der Waals surface area contributed by atoms with Crippen LogP contribution in [0, 0.1) is 11.3 Å². The molecule has 6 heteroatoms. The lowest BCUT2D eigenvalue weighted by Gasteiger charge is -2.42. The zero-order valence-corrected chi connectivity index (χ0v) is 14.1. The minimum absolute atomic E-state index is 0.275. The lowest BCUT2D eigenvalue weighted by atomic mass is 9.71. The van der Waals surface area contributed by atoms with Gasteiger partial charge in [-0.15, -0.1) is 0 Å². The number of aromatic nitrogens is 3. The third-order valence-corrected chi connectivity index (χ3v) is 5.58. The molecule has 1 aliphatic rings. The Hall–Kier alpha value is -1.43. The second-order valence-electron chi connectivity index (χ2n) is 7.04. The summed E-state index contributed by atoms with van der Waals surface area (Å²) in [5, 5.41) is 27.1. The highest BCUT2D eigenvalue weighted by atomic mass is 35.5. The number of benzene rings is 1. The van der Waals surface area contributed by atoms with E-state index >= 15 is 0 Å². The van der Waals surface area contributed by atoms with Crippen LogP contribution >= 0.6 is 11.6 Å². The Kier molecular flexibility index (Phi) is 4.21. The van der Waals surface area contributed by atoms with Gasteiger partial charge in [-0.25, -0.2) is 4.98 Å². The van der Waals surface area contributed by atoms with Crippen LogP contribution in [0.5, 0.6) is 0 Å². The van der Waals surface area contributed by atoms with Crippen LogP contribution < -0.4 is 0 Å². The van der Waals surface area contributed by atoms with E-state index in [1.807, 2.05) is 26.0 Å². The van der Waals surface area contributed by atoms with Gasteiger partial charge in [-0.2, -0.15) is 5.10 Å². The van der Waals surface area contributed by atoms with Crippen LogP contribution in [-0.4, -0.2) is 30.6 Å². The van der Waals surface area contributed by atoms with Gasteiger partial charge in [-0.3, -0.25) is 4.68 Å². The Labute approximate surface area is 140 Å². The molecule has 124 valence electrons. The maximum Gasteiger partial charge on any atom is 0.137 e. The van der Waals surface area contributed by atoms with Crippen LogP contribution in [0.2, 0.25) is 5.02 Å². The van der Waals surface area contributed by atoms with Crippen molar-refractivity contribution in [2.45, 2.75) is 44.9 Å². The van der Waals surface area contributed by atoms with Crippen molar-refractivity contribution in [3.8, 4) is 0 Å². The van der Waals surface area contributed by atoms with Crippen LogP contribution in [0.15, 0.2) is 36.9 Å². The molecule has 1 aromatic carbocycles. The first-order chi connectivity index (χ1) is 10.8. The monoisotopic (exact) mass is 335 g/mol. The Morgan fingerprint density at radius 2 is 2.04 bits per heavy atom. The van der Waals surface area contributed by atoms with Gasteiger partial charge in [0.05, 0.1) is 18.2 Å². The van der Waals surface area contributed by atoms with E-state index in [0.717, 1.165) is 18.4 Å². The summed E-state index contributed by atoms with van der Waals surface area (Å²) in [7, 11) is 0. The normalized spacial score (nSPS) is 28.0. The highest BCUT2D eigenvalue weighted by Crippen LogP contribution is 2.54. The SMILES string of the molecule is CC1(C)CC[C@H]([C@H](O)c2ccc(Cl)cc2)[C@@]1(O)Cn1cncn1. The fraction of sp³-hybridized carbons (Fsp3) is 0.529. The number of hydrogen-bond acceptors (Lipinski definition) is 4. The number of nitrogens with zero attached hydrogens (tertiary/aromatic N) is 3. The van der Waals surface area contributed by atoms with E-state index in [4.69, 9.17) is 11.6 Å². The van der Waals surface area contributed by atoms with E-state index in [9.17, 15) is 10.2 Å². The molecule has 1 heterocycles. The number of hydrogen-bond donors (Lipinski definition) is 2. The van der Waals surface area contributed by atoms with E-state index < -0.39 is 11.7 Å². The topological polar surface area (TPSA) is 71.2 Å². The van der Waals surface area contributed by atoms with Gasteiger partial charge in [0.25, 0.3) is 0 Å². The van der Waals surface area contributed by atoms with E-state index in [0.29, 0.717) is 11.6 Å². The first-order valence-corrected chi connectivity index (χ1v) is 8.20. The van der Waals surface area contributed by atoms with Crippen LogP contribution in [0.3, 0.4) is 0 Å². The molecule has 5 nitrogen and oxygen atoms in total. The molecule has 0 aliphatic heterocycles. The first kappa shape index (κ1) is 16.4. The summed E-state index contributed by atoms with van der Waals surface area (Å²) in [6.45, 7) is 4.40. The van der Waals surface area contributed by atoms with Gasteiger partial charge in [0, 0.05) is 10.9 Å². The highest BCUT2D eigenvalue weighted by molar-refractivity contribution is 6.30. The second-order valence-corrected chi connectivity index (χ2v) is 7.48. The number of rotatable bonds is 4. The molecule has 3 atom stereocenters. The first-order valence-electron chi connectivity index (χ1n) is 7.82. The molecule has 3 rings (SSSR count). The summed E-state index contributed by atoms with van der Waals surface area (Å²) < 4.78 is 1.63. The zero-order chi connectivity index (χ0) is 16.7. The highest BCUT2D eigenvalue weighted by Gasteiger charge is 2.56. The summed E-state index contributed by atoms with van der Waals surface area (Å²) in [4.78, 5) is 3.94. The second kappa shape index (κ2) is 5.89. The van der Waals surface area contributed by atoms with Crippen molar-refractivity contribution in [2.75, 3.05) is 0 Å². The summed E-state index contributed by atoms with van der Waals surface area (Å²) in [5.74, 6) is -0.275. The fourth-order valence-electron chi connectivity index (χ4n) is 3.68. The van der Waals surface area contributed by atoms with Gasteiger partial charge in [0.15, 0.2) is 0 Å². The Morgan fingerprint density at radius 3 is 2.65 bits per heavy atom. The molecule has 0 unspecified atom stereocenters. The molecule has 2 aromatic rings. The van der Waals surface area contributed by atoms with E-state index in [-0.39, 0.29) is 11.3 Å². The Bertz CT molecular complexity index is 657. The van der Waals surface area contributed by atoms with Crippen LogP contribution in [0.25, 0.3) is 0 Å².